The Balaban J connectivity index is 1.88. The molecule has 24 heavy (non-hydrogen) atoms. The fraction of sp³-hybridized carbons (Fsp3) is 0.176. The highest BCUT2D eigenvalue weighted by molar-refractivity contribution is 6.32. The number of Topliss-reactive ketones (excluding diaryl/α,β-unsaturated/α-hetero) is 1. The third-order valence-corrected chi connectivity index (χ3v) is 3.40. The van der Waals surface area contributed by atoms with Gasteiger partial charge < -0.3 is 10.1 Å². The number of rotatable bonds is 7. The Labute approximate surface area is 142 Å². The second-order valence-corrected chi connectivity index (χ2v) is 5.27. The van der Waals surface area contributed by atoms with Crippen molar-refractivity contribution in [2.24, 2.45) is 0 Å². The highest BCUT2D eigenvalue weighted by Gasteiger charge is 2.12. The highest BCUT2D eigenvalue weighted by atomic mass is 35.5. The zero-order valence-corrected chi connectivity index (χ0v) is 13.2. The molecule has 0 aromatic heterocycles. The molecule has 0 atom stereocenters. The summed E-state index contributed by atoms with van der Waals surface area (Å²) in [5.74, 6) is -0.689. The summed E-state index contributed by atoms with van der Waals surface area (Å²) in [5, 5.41) is 2.50. The van der Waals surface area contributed by atoms with Crippen LogP contribution in [-0.4, -0.2) is 18.3 Å². The zero-order chi connectivity index (χ0) is 17.5. The van der Waals surface area contributed by atoms with Gasteiger partial charge in [-0.2, -0.15) is 8.78 Å². The van der Waals surface area contributed by atoms with Gasteiger partial charge in [0.05, 0.1) is 5.02 Å². The number of amides is 1. The summed E-state index contributed by atoms with van der Waals surface area (Å²) in [6.07, 6.45) is 0.0663. The molecule has 126 valence electrons. The smallest absolute Gasteiger partial charge is 0.387 e. The molecule has 0 aliphatic rings. The van der Waals surface area contributed by atoms with E-state index >= 15 is 0 Å². The largest absolute Gasteiger partial charge is 0.433 e. The summed E-state index contributed by atoms with van der Waals surface area (Å²) in [7, 11) is 0. The van der Waals surface area contributed by atoms with Crippen LogP contribution in [0.1, 0.15) is 23.2 Å². The van der Waals surface area contributed by atoms with Crippen molar-refractivity contribution in [2.75, 3.05) is 5.32 Å². The molecule has 0 saturated carbocycles. The standard InChI is InChI=1S/C17H14ClF2NO3/c18-13-10-12(6-8-15(13)24-17(19)20)21-16(23)9-7-14(22)11-4-2-1-3-5-11/h1-6,8,10,17H,7,9H2,(H,21,23). The van der Waals surface area contributed by atoms with Gasteiger partial charge in [0.25, 0.3) is 0 Å². The van der Waals surface area contributed by atoms with Crippen LogP contribution in [0, 0.1) is 0 Å². The van der Waals surface area contributed by atoms with Gasteiger partial charge in [0.1, 0.15) is 5.75 Å². The minimum absolute atomic E-state index is 0.000627. The lowest BCUT2D eigenvalue weighted by Gasteiger charge is -2.09. The number of nitrogens with one attached hydrogen (secondary N) is 1. The Hall–Kier alpha value is -2.47. The van der Waals surface area contributed by atoms with Gasteiger partial charge in [-0.3, -0.25) is 9.59 Å². The molecule has 2 aromatic carbocycles. The second kappa shape index (κ2) is 8.40. The molecule has 7 heteroatoms. The molecule has 0 heterocycles. The van der Waals surface area contributed by atoms with Crippen LogP contribution < -0.4 is 10.1 Å². The van der Waals surface area contributed by atoms with E-state index in [2.05, 4.69) is 10.1 Å². The molecule has 0 fully saturated rings. The van der Waals surface area contributed by atoms with Crippen molar-refractivity contribution < 1.29 is 23.1 Å². The first-order chi connectivity index (χ1) is 11.5. The minimum Gasteiger partial charge on any atom is -0.433 e. The summed E-state index contributed by atoms with van der Waals surface area (Å²) >= 11 is 5.80. The van der Waals surface area contributed by atoms with Crippen LogP contribution in [-0.2, 0) is 4.79 Å². The van der Waals surface area contributed by atoms with Crippen LogP contribution in [0.15, 0.2) is 48.5 Å². The third-order valence-electron chi connectivity index (χ3n) is 3.11. The van der Waals surface area contributed by atoms with E-state index in [1.807, 2.05) is 0 Å². The molecule has 0 radical (unpaired) electrons. The van der Waals surface area contributed by atoms with Gasteiger partial charge in [0, 0.05) is 24.1 Å². The summed E-state index contributed by atoms with van der Waals surface area (Å²) in [6.45, 7) is -2.98. The molecular formula is C17H14ClF2NO3. The highest BCUT2D eigenvalue weighted by Crippen LogP contribution is 2.29. The van der Waals surface area contributed by atoms with E-state index in [9.17, 15) is 18.4 Å². The van der Waals surface area contributed by atoms with E-state index in [1.54, 1.807) is 30.3 Å². The van der Waals surface area contributed by atoms with Gasteiger partial charge >= 0.3 is 6.61 Å². The molecule has 2 aromatic rings. The molecule has 1 N–H and O–H groups in total. The van der Waals surface area contributed by atoms with E-state index in [4.69, 9.17) is 11.6 Å². The van der Waals surface area contributed by atoms with Gasteiger partial charge in [-0.1, -0.05) is 41.9 Å². The number of halogens is 3. The first-order valence-electron chi connectivity index (χ1n) is 7.08. The molecule has 2 rings (SSSR count). The molecule has 0 aliphatic carbocycles. The lowest BCUT2D eigenvalue weighted by Crippen LogP contribution is -2.13. The first-order valence-corrected chi connectivity index (χ1v) is 7.46. The fourth-order valence-corrected chi connectivity index (χ4v) is 2.21. The van der Waals surface area contributed by atoms with Gasteiger partial charge in [-0.25, -0.2) is 0 Å². The maximum atomic E-state index is 12.1. The van der Waals surface area contributed by atoms with Crippen molar-refractivity contribution in [1.29, 1.82) is 0 Å². The monoisotopic (exact) mass is 353 g/mol. The molecule has 0 spiro atoms. The summed E-state index contributed by atoms with van der Waals surface area (Å²) in [4.78, 5) is 23.8. The van der Waals surface area contributed by atoms with Crippen molar-refractivity contribution in [2.45, 2.75) is 19.5 Å². The SMILES string of the molecule is O=C(CCC(=O)c1ccccc1)Nc1ccc(OC(F)F)c(Cl)c1. The number of ketones is 1. The normalized spacial score (nSPS) is 10.5. The lowest BCUT2D eigenvalue weighted by molar-refractivity contribution is -0.116. The molecule has 0 saturated heterocycles. The predicted octanol–water partition coefficient (Wildman–Crippen LogP) is 4.54. The van der Waals surface area contributed by atoms with E-state index in [0.717, 1.165) is 0 Å². The number of carbonyl (C=O) groups excluding carboxylic acids is 2. The van der Waals surface area contributed by atoms with Crippen LogP contribution in [0.25, 0.3) is 0 Å². The van der Waals surface area contributed by atoms with E-state index in [0.29, 0.717) is 11.3 Å². The van der Waals surface area contributed by atoms with Crippen molar-refractivity contribution in [1.82, 2.24) is 0 Å². The Morgan fingerprint density at radius 3 is 2.42 bits per heavy atom. The number of carbonyl (C=O) groups is 2. The van der Waals surface area contributed by atoms with Crippen molar-refractivity contribution >= 4 is 29.0 Å². The maximum Gasteiger partial charge on any atom is 0.387 e. The number of hydrogen-bond acceptors (Lipinski definition) is 3. The van der Waals surface area contributed by atoms with Crippen LogP contribution in [0.3, 0.4) is 0 Å². The van der Waals surface area contributed by atoms with Gasteiger partial charge in [0.2, 0.25) is 5.91 Å². The second-order valence-electron chi connectivity index (χ2n) is 4.86. The number of alkyl halides is 2. The molecule has 0 aliphatic heterocycles. The van der Waals surface area contributed by atoms with E-state index in [1.165, 1.54) is 18.2 Å². The Bertz CT molecular complexity index is 723. The maximum absolute atomic E-state index is 12.1. The van der Waals surface area contributed by atoms with E-state index in [-0.39, 0.29) is 35.3 Å². The van der Waals surface area contributed by atoms with Crippen LogP contribution in [0.4, 0.5) is 14.5 Å². The minimum atomic E-state index is -2.98. The molecule has 0 unspecified atom stereocenters. The number of benzene rings is 2. The molecule has 1 amide bonds. The summed E-state index contributed by atoms with van der Waals surface area (Å²) < 4.78 is 28.5. The van der Waals surface area contributed by atoms with Gasteiger partial charge in [0.15, 0.2) is 5.78 Å². The molecule has 4 nitrogen and oxygen atoms in total. The van der Waals surface area contributed by atoms with Crippen LogP contribution in [0.5, 0.6) is 5.75 Å². The van der Waals surface area contributed by atoms with E-state index < -0.39 is 6.61 Å². The van der Waals surface area contributed by atoms with Gasteiger partial charge in [-0.15, -0.1) is 0 Å². The van der Waals surface area contributed by atoms with Crippen LogP contribution >= 0.6 is 11.6 Å². The third kappa shape index (κ3) is 5.31. The first kappa shape index (κ1) is 17.9. The lowest BCUT2D eigenvalue weighted by atomic mass is 10.1. The van der Waals surface area contributed by atoms with Crippen LogP contribution in [0.2, 0.25) is 5.02 Å². The topological polar surface area (TPSA) is 55.4 Å². The van der Waals surface area contributed by atoms with Crippen molar-refractivity contribution in [3.05, 3.63) is 59.1 Å². The number of ether oxygens (including phenoxy) is 1. The zero-order valence-electron chi connectivity index (χ0n) is 12.5. The Kier molecular flexibility index (Phi) is 6.26. The number of hydrogen-bond donors (Lipinski definition) is 1. The predicted molar refractivity (Wildman–Crippen MR) is 86.7 cm³/mol. The summed E-state index contributed by atoms with van der Waals surface area (Å²) in [5.41, 5.74) is 0.876. The Morgan fingerprint density at radius 2 is 1.79 bits per heavy atom. The van der Waals surface area contributed by atoms with Crippen molar-refractivity contribution in [3.63, 3.8) is 0 Å². The summed E-state index contributed by atoms with van der Waals surface area (Å²) in [6, 6.07) is 12.6. The van der Waals surface area contributed by atoms with Gasteiger partial charge in [-0.05, 0) is 18.2 Å². The quantitative estimate of drug-likeness (QED) is 0.743. The average molecular weight is 354 g/mol. The Morgan fingerprint density at radius 1 is 1.08 bits per heavy atom. The molecule has 0 bridgehead atoms. The number of anilines is 1. The average Bonchev–Trinajstić information content (AvgIpc) is 2.55. The molecular weight excluding hydrogens is 340 g/mol. The fourth-order valence-electron chi connectivity index (χ4n) is 1.99. The van der Waals surface area contributed by atoms with Crippen molar-refractivity contribution in [3.8, 4) is 5.75 Å².